The second-order valence-electron chi connectivity index (χ2n) is 5.22. The Kier molecular flexibility index (Phi) is 5.42. The molecule has 1 rings (SSSR count). The zero-order valence-corrected chi connectivity index (χ0v) is 13.2. The molecule has 0 saturated heterocycles. The first kappa shape index (κ1) is 17.8. The number of nitro benzene ring substituents is 1. The number of ketones is 1. The first-order valence-electron chi connectivity index (χ1n) is 6.27. The highest BCUT2D eigenvalue weighted by molar-refractivity contribution is 6.30. The predicted molar refractivity (Wildman–Crippen MR) is 81.4 cm³/mol. The molecule has 1 aromatic carbocycles. The van der Waals surface area contributed by atoms with Gasteiger partial charge in [-0.25, -0.2) is 0 Å². The molecule has 0 saturated carbocycles. The number of carbonyl (C=O) groups excluding carboxylic acids is 1. The molecule has 22 heavy (non-hydrogen) atoms. The first-order valence-corrected chi connectivity index (χ1v) is 6.65. The number of halogens is 1. The maximum Gasteiger partial charge on any atom is 0.276 e. The van der Waals surface area contributed by atoms with Gasteiger partial charge in [0.15, 0.2) is 5.78 Å². The molecule has 0 aliphatic rings. The van der Waals surface area contributed by atoms with E-state index in [9.17, 15) is 14.9 Å². The van der Waals surface area contributed by atoms with Gasteiger partial charge in [0.05, 0.1) is 21.5 Å². The summed E-state index contributed by atoms with van der Waals surface area (Å²) in [6.07, 6.45) is -0.928. The number of hydrogen-bond acceptors (Lipinski definition) is 5. The molecule has 0 aromatic heterocycles. The fourth-order valence-electron chi connectivity index (χ4n) is 2.27. The number of hydrogen-bond donors (Lipinski definition) is 0. The number of allylic oxidation sites excluding steroid dienone is 1. The number of carbonyl (C=O) groups is 1. The maximum absolute atomic E-state index is 12.3. The average molecular weight is 323 g/mol. The lowest BCUT2D eigenvalue weighted by molar-refractivity contribution is -0.386. The van der Waals surface area contributed by atoms with Gasteiger partial charge >= 0.3 is 0 Å². The van der Waals surface area contributed by atoms with Crippen molar-refractivity contribution in [1.82, 2.24) is 0 Å². The van der Waals surface area contributed by atoms with Crippen molar-refractivity contribution in [2.75, 3.05) is 7.11 Å². The van der Waals surface area contributed by atoms with Crippen LogP contribution in [0.1, 0.15) is 25.5 Å². The van der Waals surface area contributed by atoms with E-state index < -0.39 is 22.2 Å². The molecule has 0 heterocycles. The van der Waals surface area contributed by atoms with Crippen LogP contribution in [0.25, 0.3) is 0 Å². The van der Waals surface area contributed by atoms with Crippen LogP contribution in [0.4, 0.5) is 5.69 Å². The fourth-order valence-corrected chi connectivity index (χ4v) is 2.43. The normalized spacial score (nSPS) is 12.3. The van der Waals surface area contributed by atoms with Gasteiger partial charge in [-0.2, -0.15) is 5.26 Å². The molecule has 6 nitrogen and oxygen atoms in total. The van der Waals surface area contributed by atoms with Crippen LogP contribution in [0.5, 0.6) is 0 Å². The van der Waals surface area contributed by atoms with Gasteiger partial charge in [0.25, 0.3) is 5.69 Å². The number of benzene rings is 1. The second-order valence-corrected chi connectivity index (χ2v) is 5.65. The molecule has 1 unspecified atom stereocenters. The van der Waals surface area contributed by atoms with Crippen molar-refractivity contribution in [2.24, 2.45) is 5.41 Å². The smallest absolute Gasteiger partial charge is 0.276 e. The Labute approximate surface area is 133 Å². The Morgan fingerprint density at radius 2 is 2.14 bits per heavy atom. The summed E-state index contributed by atoms with van der Waals surface area (Å²) in [5.74, 6) is -0.536. The summed E-state index contributed by atoms with van der Waals surface area (Å²) in [5, 5.41) is 20.3. The Hall–Kier alpha value is -2.23. The highest BCUT2D eigenvalue weighted by Gasteiger charge is 2.42. The minimum Gasteiger partial charge on any atom is -0.375 e. The number of nitro groups is 1. The van der Waals surface area contributed by atoms with E-state index in [-0.39, 0.29) is 21.8 Å². The molecule has 1 atom stereocenters. The molecule has 0 N–H and O–H groups in total. The summed E-state index contributed by atoms with van der Waals surface area (Å²) in [5.41, 5.74) is -1.48. The third-order valence-corrected chi connectivity index (χ3v) is 3.59. The van der Waals surface area contributed by atoms with Crippen LogP contribution in [0.15, 0.2) is 30.4 Å². The standard InChI is InChI=1S/C15H15ClN2O4/c1-9(8-17)13(19)15(2,3)14(22-4)11-6-5-10(16)7-12(11)18(20)21/h5-7,14H,1H2,2-4H3. The van der Waals surface area contributed by atoms with E-state index in [0.29, 0.717) is 0 Å². The Morgan fingerprint density at radius 1 is 1.55 bits per heavy atom. The van der Waals surface area contributed by atoms with Crippen LogP contribution in [0.3, 0.4) is 0 Å². The van der Waals surface area contributed by atoms with Crippen molar-refractivity contribution < 1.29 is 14.5 Å². The Bertz CT molecular complexity index is 677. The summed E-state index contributed by atoms with van der Waals surface area (Å²) in [6.45, 7) is 6.49. The van der Waals surface area contributed by atoms with Crippen LogP contribution in [0, 0.1) is 26.9 Å². The van der Waals surface area contributed by atoms with E-state index in [1.807, 2.05) is 0 Å². The number of Topliss-reactive ketones (excluding diaryl/α,β-unsaturated/α-hetero) is 1. The number of methoxy groups -OCH3 is 1. The Balaban J connectivity index is 3.45. The van der Waals surface area contributed by atoms with Gasteiger partial charge in [0.2, 0.25) is 0 Å². The lowest BCUT2D eigenvalue weighted by Crippen LogP contribution is -2.33. The van der Waals surface area contributed by atoms with Crippen molar-refractivity contribution in [2.45, 2.75) is 20.0 Å². The molecule has 116 valence electrons. The van der Waals surface area contributed by atoms with E-state index in [2.05, 4.69) is 6.58 Å². The first-order chi connectivity index (χ1) is 10.2. The lowest BCUT2D eigenvalue weighted by Gasteiger charge is -2.31. The monoisotopic (exact) mass is 322 g/mol. The van der Waals surface area contributed by atoms with Crippen LogP contribution < -0.4 is 0 Å². The van der Waals surface area contributed by atoms with Crippen molar-refractivity contribution in [3.8, 4) is 6.07 Å². The molecule has 0 amide bonds. The predicted octanol–water partition coefficient (Wildman–Crippen LogP) is 3.61. The summed E-state index contributed by atoms with van der Waals surface area (Å²) in [6, 6.07) is 5.82. The van der Waals surface area contributed by atoms with Crippen molar-refractivity contribution in [3.63, 3.8) is 0 Å². The molecule has 0 radical (unpaired) electrons. The summed E-state index contributed by atoms with van der Waals surface area (Å²) in [7, 11) is 1.34. The molecule has 0 bridgehead atoms. The SMILES string of the molecule is C=C(C#N)C(=O)C(C)(C)C(OC)c1ccc(Cl)cc1[N+](=O)[O-]. The number of nitrogens with zero attached hydrogens (tertiary/aromatic N) is 2. The largest absolute Gasteiger partial charge is 0.375 e. The van der Waals surface area contributed by atoms with E-state index in [4.69, 9.17) is 21.6 Å². The highest BCUT2D eigenvalue weighted by Crippen LogP contribution is 2.42. The summed E-state index contributed by atoms with van der Waals surface area (Å²) >= 11 is 5.79. The van der Waals surface area contributed by atoms with E-state index in [0.717, 1.165) is 0 Å². The second kappa shape index (κ2) is 6.69. The number of rotatable bonds is 6. The average Bonchev–Trinajstić information content (AvgIpc) is 2.47. The third-order valence-electron chi connectivity index (χ3n) is 3.36. The zero-order valence-electron chi connectivity index (χ0n) is 12.4. The maximum atomic E-state index is 12.3. The third kappa shape index (κ3) is 3.32. The van der Waals surface area contributed by atoms with Crippen molar-refractivity contribution in [1.29, 1.82) is 5.26 Å². The van der Waals surface area contributed by atoms with Gasteiger partial charge in [0, 0.05) is 18.2 Å². The number of ether oxygens (including phenoxy) is 1. The van der Waals surface area contributed by atoms with E-state index in [1.54, 1.807) is 19.9 Å². The van der Waals surface area contributed by atoms with E-state index in [1.165, 1.54) is 25.3 Å². The van der Waals surface area contributed by atoms with Crippen molar-refractivity contribution in [3.05, 3.63) is 51.1 Å². The van der Waals surface area contributed by atoms with Gasteiger partial charge in [-0.3, -0.25) is 14.9 Å². The van der Waals surface area contributed by atoms with E-state index >= 15 is 0 Å². The minimum absolute atomic E-state index is 0.205. The lowest BCUT2D eigenvalue weighted by atomic mass is 9.76. The van der Waals surface area contributed by atoms with Gasteiger partial charge in [-0.1, -0.05) is 18.2 Å². The molecule has 7 heteroatoms. The summed E-state index contributed by atoms with van der Waals surface area (Å²) < 4.78 is 5.33. The fraction of sp³-hybridized carbons (Fsp3) is 0.333. The van der Waals surface area contributed by atoms with Gasteiger partial charge in [-0.05, 0) is 26.0 Å². The topological polar surface area (TPSA) is 93.2 Å². The molecule has 0 aliphatic heterocycles. The van der Waals surface area contributed by atoms with Gasteiger partial charge < -0.3 is 4.74 Å². The zero-order chi connectivity index (χ0) is 17.1. The minimum atomic E-state index is -1.21. The van der Waals surface area contributed by atoms with Crippen LogP contribution in [-0.4, -0.2) is 17.8 Å². The quantitative estimate of drug-likeness (QED) is 0.345. The Morgan fingerprint density at radius 3 is 2.59 bits per heavy atom. The van der Waals surface area contributed by atoms with Gasteiger partial charge in [-0.15, -0.1) is 0 Å². The molecular weight excluding hydrogens is 308 g/mol. The highest BCUT2D eigenvalue weighted by atomic mass is 35.5. The molecule has 0 aliphatic carbocycles. The van der Waals surface area contributed by atoms with Crippen molar-refractivity contribution >= 4 is 23.1 Å². The molecule has 0 spiro atoms. The summed E-state index contributed by atoms with van der Waals surface area (Å²) in [4.78, 5) is 22.9. The molecule has 1 aromatic rings. The molecular formula is C15H15ClN2O4. The number of nitriles is 1. The van der Waals surface area contributed by atoms with Gasteiger partial charge in [0.1, 0.15) is 12.2 Å². The van der Waals surface area contributed by atoms with Crippen LogP contribution in [0.2, 0.25) is 5.02 Å². The van der Waals surface area contributed by atoms with Crippen LogP contribution >= 0.6 is 11.6 Å². The molecule has 0 fully saturated rings. The van der Waals surface area contributed by atoms with Crippen LogP contribution in [-0.2, 0) is 9.53 Å².